The molecule has 1 fully saturated rings. The number of Topliss-reactive ketones (excluding diaryl/α,β-unsaturated/α-hetero) is 1. The molecule has 1 atom stereocenters. The molecule has 15 heavy (non-hydrogen) atoms. The van der Waals surface area contributed by atoms with Crippen LogP contribution >= 0.6 is 35.1 Å². The highest BCUT2D eigenvalue weighted by molar-refractivity contribution is 8.07. The largest absolute Gasteiger partial charge is 0.293 e. The SMILES string of the molecule is O=C(c1ccccc1Cl)C1CSCCS1. The molecule has 1 aromatic rings. The van der Waals surface area contributed by atoms with Crippen molar-refractivity contribution in [3.63, 3.8) is 0 Å². The second-order valence-electron chi connectivity index (χ2n) is 3.28. The number of thioether (sulfide) groups is 2. The molecule has 1 nitrogen and oxygen atoms in total. The van der Waals surface area contributed by atoms with Gasteiger partial charge in [0.05, 0.1) is 10.3 Å². The summed E-state index contributed by atoms with van der Waals surface area (Å²) >= 11 is 9.59. The fraction of sp³-hybridized carbons (Fsp3) is 0.364. The van der Waals surface area contributed by atoms with Crippen LogP contribution < -0.4 is 0 Å². The van der Waals surface area contributed by atoms with Crippen LogP contribution in [0.5, 0.6) is 0 Å². The summed E-state index contributed by atoms with van der Waals surface area (Å²) in [6, 6.07) is 7.29. The van der Waals surface area contributed by atoms with Gasteiger partial charge in [0.2, 0.25) is 0 Å². The smallest absolute Gasteiger partial charge is 0.178 e. The maximum absolute atomic E-state index is 12.1. The predicted octanol–water partition coefficient (Wildman–Crippen LogP) is 3.37. The summed E-state index contributed by atoms with van der Waals surface area (Å²) in [5.41, 5.74) is 0.666. The molecular weight excluding hydrogens is 248 g/mol. The van der Waals surface area contributed by atoms with Gasteiger partial charge in [0.25, 0.3) is 0 Å². The van der Waals surface area contributed by atoms with Gasteiger partial charge in [0.15, 0.2) is 5.78 Å². The van der Waals surface area contributed by atoms with Crippen molar-refractivity contribution in [3.8, 4) is 0 Å². The molecule has 2 rings (SSSR count). The van der Waals surface area contributed by atoms with E-state index >= 15 is 0 Å². The van der Waals surface area contributed by atoms with Gasteiger partial charge in [-0.25, -0.2) is 0 Å². The Morgan fingerprint density at radius 3 is 2.80 bits per heavy atom. The summed E-state index contributed by atoms with van der Waals surface area (Å²) in [7, 11) is 0. The molecule has 0 saturated carbocycles. The van der Waals surface area contributed by atoms with E-state index in [-0.39, 0.29) is 11.0 Å². The van der Waals surface area contributed by atoms with Gasteiger partial charge < -0.3 is 0 Å². The van der Waals surface area contributed by atoms with E-state index in [1.165, 1.54) is 0 Å². The van der Waals surface area contributed by atoms with Gasteiger partial charge in [-0.15, -0.1) is 11.8 Å². The van der Waals surface area contributed by atoms with Crippen molar-refractivity contribution in [2.24, 2.45) is 0 Å². The molecule has 4 heteroatoms. The number of halogens is 1. The molecule has 1 saturated heterocycles. The monoisotopic (exact) mass is 258 g/mol. The first kappa shape index (κ1) is 11.4. The van der Waals surface area contributed by atoms with Crippen molar-refractivity contribution in [1.29, 1.82) is 0 Å². The molecule has 1 aromatic carbocycles. The molecule has 0 amide bonds. The lowest BCUT2D eigenvalue weighted by Crippen LogP contribution is -2.24. The topological polar surface area (TPSA) is 17.1 Å². The lowest BCUT2D eigenvalue weighted by Gasteiger charge is -2.19. The van der Waals surface area contributed by atoms with Crippen molar-refractivity contribution < 1.29 is 4.79 Å². The molecule has 1 aliphatic rings. The molecule has 0 spiro atoms. The zero-order valence-electron chi connectivity index (χ0n) is 8.11. The number of hydrogen-bond donors (Lipinski definition) is 0. The Kier molecular flexibility index (Phi) is 4.00. The van der Waals surface area contributed by atoms with Gasteiger partial charge >= 0.3 is 0 Å². The summed E-state index contributed by atoms with van der Waals surface area (Å²) in [4.78, 5) is 12.1. The van der Waals surface area contributed by atoms with E-state index < -0.39 is 0 Å². The van der Waals surface area contributed by atoms with Gasteiger partial charge in [0.1, 0.15) is 0 Å². The van der Waals surface area contributed by atoms with Gasteiger partial charge in [-0.05, 0) is 12.1 Å². The van der Waals surface area contributed by atoms with Crippen molar-refractivity contribution in [2.45, 2.75) is 5.25 Å². The van der Waals surface area contributed by atoms with Crippen LogP contribution in [0.15, 0.2) is 24.3 Å². The minimum Gasteiger partial charge on any atom is -0.293 e. The Morgan fingerprint density at radius 2 is 2.13 bits per heavy atom. The zero-order chi connectivity index (χ0) is 10.7. The second kappa shape index (κ2) is 5.28. The molecule has 1 unspecified atom stereocenters. The maximum atomic E-state index is 12.1. The number of carbonyl (C=O) groups excluding carboxylic acids is 1. The van der Waals surface area contributed by atoms with E-state index in [0.29, 0.717) is 10.6 Å². The van der Waals surface area contributed by atoms with Gasteiger partial charge in [-0.1, -0.05) is 23.7 Å². The lowest BCUT2D eigenvalue weighted by molar-refractivity contribution is 0.0995. The van der Waals surface area contributed by atoms with E-state index in [2.05, 4.69) is 0 Å². The first-order valence-electron chi connectivity index (χ1n) is 4.77. The number of carbonyl (C=O) groups is 1. The Labute approximate surface area is 103 Å². The number of benzene rings is 1. The highest BCUT2D eigenvalue weighted by Gasteiger charge is 2.24. The zero-order valence-corrected chi connectivity index (χ0v) is 10.5. The molecule has 0 bridgehead atoms. The Morgan fingerprint density at radius 1 is 1.33 bits per heavy atom. The van der Waals surface area contributed by atoms with Crippen molar-refractivity contribution in [3.05, 3.63) is 34.9 Å². The second-order valence-corrected chi connectivity index (χ2v) is 6.15. The van der Waals surface area contributed by atoms with Crippen molar-refractivity contribution >= 4 is 40.9 Å². The van der Waals surface area contributed by atoms with Gasteiger partial charge in [0, 0.05) is 22.8 Å². The highest BCUT2D eigenvalue weighted by Crippen LogP contribution is 2.28. The van der Waals surface area contributed by atoms with Crippen molar-refractivity contribution in [1.82, 2.24) is 0 Å². The normalized spacial score (nSPS) is 21.3. The van der Waals surface area contributed by atoms with Crippen LogP contribution in [-0.2, 0) is 0 Å². The quantitative estimate of drug-likeness (QED) is 0.757. The number of hydrogen-bond acceptors (Lipinski definition) is 3. The van der Waals surface area contributed by atoms with E-state index in [4.69, 9.17) is 11.6 Å². The maximum Gasteiger partial charge on any atom is 0.178 e. The number of ketones is 1. The fourth-order valence-corrected chi connectivity index (χ4v) is 4.33. The third-order valence-corrected chi connectivity index (χ3v) is 5.33. The molecule has 0 N–H and O–H groups in total. The van der Waals surface area contributed by atoms with Crippen LogP contribution in [0.2, 0.25) is 5.02 Å². The molecule has 0 aromatic heterocycles. The minimum atomic E-state index is 0.0867. The summed E-state index contributed by atoms with van der Waals surface area (Å²) in [6.45, 7) is 0. The van der Waals surface area contributed by atoms with E-state index in [1.807, 2.05) is 30.0 Å². The summed E-state index contributed by atoms with van der Waals surface area (Å²) < 4.78 is 0. The lowest BCUT2D eigenvalue weighted by atomic mass is 10.1. The Bertz CT molecular complexity index is 361. The summed E-state index contributed by atoms with van der Waals surface area (Å²) in [5, 5.41) is 0.655. The third-order valence-electron chi connectivity index (χ3n) is 2.25. The van der Waals surface area contributed by atoms with E-state index in [0.717, 1.165) is 17.3 Å². The predicted molar refractivity (Wildman–Crippen MR) is 69.4 cm³/mol. The minimum absolute atomic E-state index is 0.0867. The average Bonchev–Trinajstić information content (AvgIpc) is 2.30. The molecule has 0 radical (unpaired) electrons. The average molecular weight is 259 g/mol. The van der Waals surface area contributed by atoms with Crippen LogP contribution in [0.1, 0.15) is 10.4 Å². The van der Waals surface area contributed by atoms with Gasteiger partial charge in [-0.2, -0.15) is 11.8 Å². The highest BCUT2D eigenvalue weighted by atomic mass is 35.5. The fourth-order valence-electron chi connectivity index (χ4n) is 1.47. The Balaban J connectivity index is 2.16. The first-order valence-corrected chi connectivity index (χ1v) is 7.35. The van der Waals surface area contributed by atoms with E-state index in [1.54, 1.807) is 17.8 Å². The van der Waals surface area contributed by atoms with Crippen LogP contribution in [0.25, 0.3) is 0 Å². The van der Waals surface area contributed by atoms with E-state index in [9.17, 15) is 4.79 Å². The summed E-state index contributed by atoms with van der Waals surface area (Å²) in [6.07, 6.45) is 0. The molecule has 80 valence electrons. The first-order chi connectivity index (χ1) is 7.29. The standard InChI is InChI=1S/C11H11ClOS2/c12-9-4-2-1-3-8(9)11(13)10-7-14-5-6-15-10/h1-4,10H,5-7H2. The Hall–Kier alpha value is -0.120. The molecule has 1 heterocycles. The van der Waals surface area contributed by atoms with Gasteiger partial charge in [-0.3, -0.25) is 4.79 Å². The van der Waals surface area contributed by atoms with Crippen LogP contribution in [0.4, 0.5) is 0 Å². The molecule has 1 aliphatic heterocycles. The van der Waals surface area contributed by atoms with Crippen molar-refractivity contribution in [2.75, 3.05) is 17.3 Å². The van der Waals surface area contributed by atoms with Crippen LogP contribution in [0, 0.1) is 0 Å². The van der Waals surface area contributed by atoms with Crippen LogP contribution in [0.3, 0.4) is 0 Å². The molecular formula is C11H11ClOS2. The third kappa shape index (κ3) is 2.71. The van der Waals surface area contributed by atoms with Crippen LogP contribution in [-0.4, -0.2) is 28.3 Å². The number of rotatable bonds is 2. The summed E-state index contributed by atoms with van der Waals surface area (Å²) in [5.74, 6) is 3.30. The molecule has 0 aliphatic carbocycles.